The monoisotopic (exact) mass is 897 g/mol. The number of rotatable bonds is 6. The third-order valence-corrected chi connectivity index (χ3v) is 14.9. The van der Waals surface area contributed by atoms with Gasteiger partial charge in [-0.3, -0.25) is 0 Å². The van der Waals surface area contributed by atoms with E-state index in [4.69, 9.17) is 13.8 Å². The van der Waals surface area contributed by atoms with Crippen LogP contribution in [0.1, 0.15) is 46.7 Å². The Bertz CT molecular complexity index is 4310. The lowest BCUT2D eigenvalue weighted by Crippen LogP contribution is -2.31. The molecule has 1 aliphatic heterocycles. The summed E-state index contributed by atoms with van der Waals surface area (Å²) in [6, 6.07) is 67.6. The Kier molecular flexibility index (Phi) is 8.54. The Balaban J connectivity index is 0.893. The first-order valence-corrected chi connectivity index (χ1v) is 24.3. The highest BCUT2D eigenvalue weighted by atomic mass is 16.3. The molecule has 2 aliphatic carbocycles. The number of hydrogen-bond donors (Lipinski definition) is 1. The van der Waals surface area contributed by atoms with Crippen LogP contribution in [0, 0.1) is 0 Å². The van der Waals surface area contributed by atoms with Crippen molar-refractivity contribution in [3.63, 3.8) is 0 Å². The summed E-state index contributed by atoms with van der Waals surface area (Å²) in [4.78, 5) is 5.43. The van der Waals surface area contributed by atoms with Gasteiger partial charge in [-0.25, -0.2) is 4.99 Å². The molecule has 4 heterocycles. The van der Waals surface area contributed by atoms with Gasteiger partial charge in [0.2, 0.25) is 0 Å². The summed E-state index contributed by atoms with van der Waals surface area (Å²) < 4.78 is 15.9. The number of aliphatic imine (C=N–C) groups is 1. The number of allylic oxidation sites excluding steroid dienone is 4. The molecule has 5 nitrogen and oxygen atoms in total. The number of hydrogen-bond acceptors (Lipinski definition) is 4. The van der Waals surface area contributed by atoms with E-state index in [1.807, 2.05) is 12.1 Å². The quantitative estimate of drug-likeness (QED) is 0.181. The van der Waals surface area contributed by atoms with Crippen molar-refractivity contribution in [2.45, 2.75) is 25.3 Å². The molecule has 0 spiro atoms. The van der Waals surface area contributed by atoms with Crippen LogP contribution in [-0.2, 0) is 6.42 Å². The van der Waals surface area contributed by atoms with E-state index in [-0.39, 0.29) is 6.04 Å². The normalized spacial score (nSPS) is 15.4. The van der Waals surface area contributed by atoms with Crippen LogP contribution in [0.25, 0.3) is 110 Å². The molecular formula is C65H43N3O2. The zero-order valence-electron chi connectivity index (χ0n) is 38.1. The molecule has 330 valence electrons. The lowest BCUT2D eigenvalue weighted by Gasteiger charge is -2.25. The van der Waals surface area contributed by atoms with Crippen molar-refractivity contribution in [3.05, 3.63) is 240 Å². The topological polar surface area (TPSA) is 55.6 Å². The molecule has 0 radical (unpaired) electrons. The summed E-state index contributed by atoms with van der Waals surface area (Å²) in [5.41, 5.74) is 21.2. The maximum atomic E-state index is 7.02. The first kappa shape index (κ1) is 39.1. The maximum Gasteiger partial charge on any atom is 0.143 e. The Labute approximate surface area is 403 Å². The average Bonchev–Trinajstić information content (AvgIpc) is 4.20. The van der Waals surface area contributed by atoms with Crippen molar-refractivity contribution in [2.75, 3.05) is 0 Å². The first-order valence-electron chi connectivity index (χ1n) is 24.3. The minimum Gasteiger partial charge on any atom is -0.456 e. The molecule has 9 aromatic carbocycles. The minimum absolute atomic E-state index is 0.145. The second kappa shape index (κ2) is 15.3. The second-order valence-corrected chi connectivity index (χ2v) is 18.9. The Hall–Kier alpha value is -8.93. The third-order valence-electron chi connectivity index (χ3n) is 14.9. The van der Waals surface area contributed by atoms with Gasteiger partial charge in [-0.05, 0) is 107 Å². The van der Waals surface area contributed by atoms with Gasteiger partial charge in [0.25, 0.3) is 0 Å². The maximum absolute atomic E-state index is 7.02. The standard InChI is InChI=1S/C65H43N3O2/c1-3-15-39(16-4-1)65-66-55(42-31-32-48-47-21-8-11-27-58(47)69-60(48)37-42)38-56(67-65)52-25-13-17-43-35-40-29-30-41(36-54(40)61(43)52)45-33-34-51(64-62(45)53-22-9-12-28-59(53)70-64)50-24-14-23-49-46-20-7-10-26-57(46)68(63(49)50)44-18-5-2-6-19-44/h1-5,7-18,20-34,36-38,55H,6,19,35H2,(H,66,67). The van der Waals surface area contributed by atoms with E-state index < -0.39 is 0 Å². The van der Waals surface area contributed by atoms with Gasteiger partial charge in [0, 0.05) is 60.3 Å². The van der Waals surface area contributed by atoms with Gasteiger partial charge in [0.15, 0.2) is 0 Å². The van der Waals surface area contributed by atoms with E-state index >= 15 is 0 Å². The highest BCUT2D eigenvalue weighted by Gasteiger charge is 2.28. The van der Waals surface area contributed by atoms with Gasteiger partial charge in [0.1, 0.15) is 28.2 Å². The van der Waals surface area contributed by atoms with Crippen LogP contribution in [0.5, 0.6) is 0 Å². The summed E-state index contributed by atoms with van der Waals surface area (Å²) >= 11 is 0. The molecule has 0 saturated carbocycles. The van der Waals surface area contributed by atoms with Crippen LogP contribution in [0.4, 0.5) is 0 Å². The van der Waals surface area contributed by atoms with Crippen molar-refractivity contribution in [2.24, 2.45) is 4.99 Å². The van der Waals surface area contributed by atoms with Crippen molar-refractivity contribution < 1.29 is 8.83 Å². The molecule has 70 heavy (non-hydrogen) atoms. The number of fused-ring (bicyclic) bond motifs is 12. The number of furan rings is 2. The molecule has 0 fully saturated rings. The van der Waals surface area contributed by atoms with Crippen LogP contribution in [-0.4, -0.2) is 10.4 Å². The zero-order valence-corrected chi connectivity index (χ0v) is 38.1. The molecule has 5 heteroatoms. The fraction of sp³-hybridized carbons (Fsp3) is 0.0615. The van der Waals surface area contributed by atoms with Crippen molar-refractivity contribution in [1.82, 2.24) is 9.88 Å². The summed E-state index contributed by atoms with van der Waals surface area (Å²) in [7, 11) is 0. The molecule has 3 aromatic heterocycles. The molecule has 1 unspecified atom stereocenters. The van der Waals surface area contributed by atoms with Crippen LogP contribution in [0.15, 0.2) is 226 Å². The number of benzene rings is 9. The Morgan fingerprint density at radius 2 is 1.29 bits per heavy atom. The summed E-state index contributed by atoms with van der Waals surface area (Å²) in [6.45, 7) is 0. The van der Waals surface area contributed by atoms with Crippen LogP contribution in [0.2, 0.25) is 0 Å². The molecule has 15 rings (SSSR count). The Morgan fingerprint density at radius 1 is 0.529 bits per heavy atom. The number of nitrogens with zero attached hydrogens (tertiary/aromatic N) is 2. The van der Waals surface area contributed by atoms with E-state index in [1.165, 1.54) is 49.8 Å². The lowest BCUT2D eigenvalue weighted by atomic mass is 9.90. The van der Waals surface area contributed by atoms with Gasteiger partial charge >= 0.3 is 0 Å². The number of para-hydroxylation sites is 4. The van der Waals surface area contributed by atoms with Gasteiger partial charge < -0.3 is 18.7 Å². The Morgan fingerprint density at radius 3 is 2.17 bits per heavy atom. The van der Waals surface area contributed by atoms with E-state index in [0.717, 1.165) is 114 Å². The molecule has 3 aliphatic rings. The molecular weight excluding hydrogens is 855 g/mol. The second-order valence-electron chi connectivity index (χ2n) is 18.9. The van der Waals surface area contributed by atoms with Gasteiger partial charge in [-0.1, -0.05) is 164 Å². The molecule has 0 amide bonds. The van der Waals surface area contributed by atoms with Crippen LogP contribution in [0.3, 0.4) is 0 Å². The number of amidine groups is 1. The minimum atomic E-state index is -0.145. The third kappa shape index (κ3) is 5.94. The fourth-order valence-corrected chi connectivity index (χ4v) is 11.8. The zero-order chi connectivity index (χ0) is 45.9. The smallest absolute Gasteiger partial charge is 0.143 e. The summed E-state index contributed by atoms with van der Waals surface area (Å²) in [5, 5.41) is 10.8. The van der Waals surface area contributed by atoms with E-state index in [2.05, 4.69) is 210 Å². The summed E-state index contributed by atoms with van der Waals surface area (Å²) in [5.74, 6) is 0.843. The van der Waals surface area contributed by atoms with Gasteiger partial charge in [-0.15, -0.1) is 0 Å². The molecule has 0 saturated heterocycles. The van der Waals surface area contributed by atoms with Crippen molar-refractivity contribution in [3.8, 4) is 33.4 Å². The van der Waals surface area contributed by atoms with E-state index in [0.29, 0.717) is 0 Å². The first-order chi connectivity index (χ1) is 34.7. The highest BCUT2D eigenvalue weighted by molar-refractivity contribution is 6.20. The molecule has 12 aromatic rings. The fourth-order valence-electron chi connectivity index (χ4n) is 11.8. The number of aromatic nitrogens is 1. The van der Waals surface area contributed by atoms with E-state index in [1.54, 1.807) is 0 Å². The van der Waals surface area contributed by atoms with E-state index in [9.17, 15) is 0 Å². The number of nitrogens with one attached hydrogen (secondary N) is 1. The van der Waals surface area contributed by atoms with Crippen molar-refractivity contribution in [1.29, 1.82) is 0 Å². The predicted octanol–water partition coefficient (Wildman–Crippen LogP) is 16.8. The molecule has 1 N–H and O–H groups in total. The highest BCUT2D eigenvalue weighted by Crippen LogP contribution is 2.49. The average molecular weight is 898 g/mol. The van der Waals surface area contributed by atoms with Crippen LogP contribution >= 0.6 is 0 Å². The summed E-state index contributed by atoms with van der Waals surface area (Å²) in [6.07, 6.45) is 11.9. The largest absolute Gasteiger partial charge is 0.456 e. The predicted molar refractivity (Wildman–Crippen MR) is 289 cm³/mol. The van der Waals surface area contributed by atoms with Crippen LogP contribution < -0.4 is 5.32 Å². The molecule has 1 atom stereocenters. The van der Waals surface area contributed by atoms with Gasteiger partial charge in [0.05, 0.1) is 22.8 Å². The van der Waals surface area contributed by atoms with Gasteiger partial charge in [-0.2, -0.15) is 0 Å². The van der Waals surface area contributed by atoms with Crippen molar-refractivity contribution >= 4 is 82.9 Å². The molecule has 0 bridgehead atoms. The lowest BCUT2D eigenvalue weighted by molar-refractivity contribution is 0.666. The SMILES string of the molecule is C1=CCCC(n2c3ccccc3c3cccc(-c4ccc(-c5ccc6c(c5)-c5c(cccc5C5=CC(c7ccc8c(c7)oc7ccccc78)NC(c7ccccc7)=N5)C6)c5c4oc4ccccc45)c32)=C1.